The molecule has 0 aromatic heterocycles. The molecule has 0 bridgehead atoms. The molecule has 0 spiro atoms. The van der Waals surface area contributed by atoms with Gasteiger partial charge < -0.3 is 15.4 Å². The fourth-order valence-electron chi connectivity index (χ4n) is 7.89. The van der Waals surface area contributed by atoms with Gasteiger partial charge in [0.05, 0.1) is 0 Å². The first-order chi connectivity index (χ1) is 14.3. The van der Waals surface area contributed by atoms with Crippen molar-refractivity contribution in [2.45, 2.75) is 77.4 Å². The molecule has 6 heteroatoms. The fourth-order valence-corrected chi connectivity index (χ4v) is 7.89. The van der Waals surface area contributed by atoms with Crippen LogP contribution < -0.4 is 10.6 Å². The molecule has 0 aromatic carbocycles. The van der Waals surface area contributed by atoms with Gasteiger partial charge in [-0.05, 0) is 67.6 Å². The summed E-state index contributed by atoms with van der Waals surface area (Å²) in [5, 5.41) is 6.40. The molecule has 5 fully saturated rings. The Morgan fingerprint density at radius 1 is 1.00 bits per heavy atom. The number of piperazine rings is 1. The topological polar surface area (TPSA) is 84.5 Å². The summed E-state index contributed by atoms with van der Waals surface area (Å²) in [4.78, 5) is 39.2. The largest absolute Gasteiger partial charge is 0.461 e. The van der Waals surface area contributed by atoms with Crippen LogP contribution in [0.4, 0.5) is 0 Å². The lowest BCUT2D eigenvalue weighted by Gasteiger charge is -2.58. The molecule has 166 valence electrons. The minimum absolute atomic E-state index is 0.0726. The molecule has 4 saturated carbocycles. The summed E-state index contributed by atoms with van der Waals surface area (Å²) in [7, 11) is 0. The van der Waals surface area contributed by atoms with Crippen molar-refractivity contribution in [2.24, 2.45) is 34.5 Å². The Hall–Kier alpha value is -1.27. The zero-order chi connectivity index (χ0) is 21.1. The lowest BCUT2D eigenvalue weighted by molar-refractivity contribution is -0.175. The minimum Gasteiger partial charge on any atom is -0.461 e. The monoisotopic (exact) mass is 416 g/mol. The van der Waals surface area contributed by atoms with Crippen LogP contribution in [0.5, 0.6) is 0 Å². The average molecular weight is 417 g/mol. The molecule has 1 saturated heterocycles. The van der Waals surface area contributed by atoms with Gasteiger partial charge in [0.1, 0.15) is 12.1 Å². The van der Waals surface area contributed by atoms with Crippen LogP contribution in [-0.4, -0.2) is 49.3 Å². The van der Waals surface area contributed by atoms with Crippen LogP contribution in [-0.2, 0) is 19.1 Å². The summed E-state index contributed by atoms with van der Waals surface area (Å²) in [6.07, 6.45) is 7.65. The Morgan fingerprint density at radius 2 is 1.83 bits per heavy atom. The van der Waals surface area contributed by atoms with Crippen LogP contribution in [0.15, 0.2) is 0 Å². The van der Waals surface area contributed by atoms with Crippen LogP contribution in [0.3, 0.4) is 0 Å². The van der Waals surface area contributed by atoms with E-state index in [4.69, 9.17) is 4.74 Å². The number of fused-ring (bicyclic) bond motifs is 5. The van der Waals surface area contributed by atoms with E-state index in [0.29, 0.717) is 24.8 Å². The quantitative estimate of drug-likeness (QED) is 0.531. The van der Waals surface area contributed by atoms with Gasteiger partial charge in [-0.25, -0.2) is 0 Å². The molecule has 0 radical (unpaired) electrons. The molecule has 0 aromatic rings. The van der Waals surface area contributed by atoms with E-state index in [-0.39, 0.29) is 52.3 Å². The number of carbonyl (C=O) groups is 3. The van der Waals surface area contributed by atoms with Crippen molar-refractivity contribution in [3.63, 3.8) is 0 Å². The first kappa shape index (κ1) is 20.6. The smallest absolute Gasteiger partial charge is 0.324 e. The van der Waals surface area contributed by atoms with Gasteiger partial charge in [0.2, 0.25) is 11.6 Å². The third-order valence-corrected chi connectivity index (χ3v) is 9.67. The standard InChI is InChI=1S/C24H36N2O4/c1-23-7-3-4-15(23)19-16(6-8-23)24(2)9-5-14(12-17(24)20(27)21(19)28)30-22(29)18-13-25-10-11-26-18/h14-19,25-26H,3-13H2,1-2H3/t14?,15-,16+,17?,18+,19-,23-,24+/m0/s1. The highest BCUT2D eigenvalue weighted by molar-refractivity contribution is 6.39. The molecule has 1 aliphatic heterocycles. The SMILES string of the molecule is C[C@@]12CCC[C@H]1[C@@H]1C(=O)C(=O)C3CC(OC(=O)[C@H]4CNCCN4)CC[C@]3(C)[C@@H]1CC2. The van der Waals surface area contributed by atoms with Crippen LogP contribution in [0.1, 0.15) is 65.2 Å². The normalized spacial score (nSPS) is 48.5. The summed E-state index contributed by atoms with van der Waals surface area (Å²) in [6, 6.07) is -0.321. The molecular formula is C24H36N2O4. The van der Waals surface area contributed by atoms with Crippen molar-refractivity contribution in [3.05, 3.63) is 0 Å². The molecule has 30 heavy (non-hydrogen) atoms. The van der Waals surface area contributed by atoms with Crippen molar-refractivity contribution in [2.75, 3.05) is 19.6 Å². The molecule has 8 atom stereocenters. The van der Waals surface area contributed by atoms with Crippen molar-refractivity contribution in [1.29, 1.82) is 0 Å². The number of Topliss-reactive ketones (excluding diaryl/α,β-unsaturated/α-hetero) is 2. The second kappa shape index (κ2) is 7.40. The highest BCUT2D eigenvalue weighted by Crippen LogP contribution is 2.64. The highest BCUT2D eigenvalue weighted by Gasteiger charge is 2.64. The Kier molecular flexibility index (Phi) is 5.09. The van der Waals surface area contributed by atoms with E-state index >= 15 is 0 Å². The number of ketones is 2. The summed E-state index contributed by atoms with van der Waals surface area (Å²) in [6.45, 7) is 6.78. The fraction of sp³-hybridized carbons (Fsp3) is 0.875. The molecule has 6 nitrogen and oxygen atoms in total. The molecule has 2 N–H and O–H groups in total. The zero-order valence-electron chi connectivity index (χ0n) is 18.4. The maximum absolute atomic E-state index is 13.3. The van der Waals surface area contributed by atoms with Crippen LogP contribution in [0.2, 0.25) is 0 Å². The maximum Gasteiger partial charge on any atom is 0.324 e. The Bertz CT molecular complexity index is 747. The Labute approximate surface area is 179 Å². The van der Waals surface area contributed by atoms with Crippen molar-refractivity contribution >= 4 is 17.5 Å². The summed E-state index contributed by atoms with van der Waals surface area (Å²) < 4.78 is 5.82. The number of hydrogen-bond acceptors (Lipinski definition) is 6. The van der Waals surface area contributed by atoms with Gasteiger partial charge in [-0.3, -0.25) is 14.4 Å². The Balaban J connectivity index is 1.33. The first-order valence-electron chi connectivity index (χ1n) is 12.1. The number of carbonyl (C=O) groups excluding carboxylic acids is 3. The lowest BCUT2D eigenvalue weighted by Crippen LogP contribution is -2.61. The summed E-state index contributed by atoms with van der Waals surface area (Å²) >= 11 is 0. The molecule has 5 rings (SSSR count). The van der Waals surface area contributed by atoms with Crippen LogP contribution in [0, 0.1) is 34.5 Å². The number of hydrogen-bond donors (Lipinski definition) is 2. The van der Waals surface area contributed by atoms with Gasteiger partial charge in [-0.15, -0.1) is 0 Å². The maximum atomic E-state index is 13.3. The second-order valence-electron chi connectivity index (χ2n) is 11.2. The van der Waals surface area contributed by atoms with Crippen LogP contribution in [0.25, 0.3) is 0 Å². The van der Waals surface area contributed by atoms with E-state index in [9.17, 15) is 14.4 Å². The summed E-state index contributed by atoms with van der Waals surface area (Å²) in [5.41, 5.74) is 0.112. The van der Waals surface area contributed by atoms with Crippen molar-refractivity contribution in [1.82, 2.24) is 10.6 Å². The van der Waals surface area contributed by atoms with Crippen molar-refractivity contribution < 1.29 is 19.1 Å². The molecule has 2 unspecified atom stereocenters. The van der Waals surface area contributed by atoms with E-state index in [1.807, 2.05) is 0 Å². The number of rotatable bonds is 2. The molecule has 1 heterocycles. The van der Waals surface area contributed by atoms with Gasteiger partial charge >= 0.3 is 5.97 Å². The highest BCUT2D eigenvalue weighted by atomic mass is 16.5. The third kappa shape index (κ3) is 3.09. The third-order valence-electron chi connectivity index (χ3n) is 9.67. The first-order valence-corrected chi connectivity index (χ1v) is 12.1. The summed E-state index contributed by atoms with van der Waals surface area (Å²) in [5.74, 6) is -0.186. The second-order valence-corrected chi connectivity index (χ2v) is 11.2. The minimum atomic E-state index is -0.321. The molecule has 5 aliphatic rings. The Morgan fingerprint density at radius 3 is 2.60 bits per heavy atom. The van der Waals surface area contributed by atoms with Crippen molar-refractivity contribution in [3.8, 4) is 0 Å². The number of ether oxygens (including phenoxy) is 1. The number of nitrogens with one attached hydrogen (secondary N) is 2. The zero-order valence-corrected chi connectivity index (χ0v) is 18.4. The molecular weight excluding hydrogens is 380 g/mol. The molecule has 4 aliphatic carbocycles. The number of esters is 1. The predicted molar refractivity (Wildman–Crippen MR) is 112 cm³/mol. The van der Waals surface area contributed by atoms with Gasteiger partial charge in [0.25, 0.3) is 0 Å². The van der Waals surface area contributed by atoms with Gasteiger partial charge in [0.15, 0.2) is 0 Å². The van der Waals surface area contributed by atoms with Gasteiger partial charge in [0, 0.05) is 31.5 Å². The van der Waals surface area contributed by atoms with E-state index in [0.717, 1.165) is 38.8 Å². The lowest BCUT2D eigenvalue weighted by atomic mass is 9.44. The average Bonchev–Trinajstić information content (AvgIpc) is 3.15. The predicted octanol–water partition coefficient (Wildman–Crippen LogP) is 2.25. The molecule has 0 amide bonds. The van der Waals surface area contributed by atoms with E-state index < -0.39 is 0 Å². The van der Waals surface area contributed by atoms with Gasteiger partial charge in [-0.2, -0.15) is 0 Å². The van der Waals surface area contributed by atoms with E-state index in [2.05, 4.69) is 24.5 Å². The van der Waals surface area contributed by atoms with E-state index in [1.165, 1.54) is 19.3 Å². The van der Waals surface area contributed by atoms with Gasteiger partial charge in [-0.1, -0.05) is 20.3 Å². The van der Waals surface area contributed by atoms with Crippen LogP contribution >= 0.6 is 0 Å². The van der Waals surface area contributed by atoms with E-state index in [1.54, 1.807) is 0 Å².